The molecule has 0 aliphatic heterocycles. The Kier molecular flexibility index (Phi) is 3.25. The fourth-order valence-electron chi connectivity index (χ4n) is 2.20. The number of fused-ring (bicyclic) bond motifs is 1. The van der Waals surface area contributed by atoms with Crippen molar-refractivity contribution in [3.05, 3.63) is 71.4 Å². The molecular formula is C17H15NO2. The van der Waals surface area contributed by atoms with Gasteiger partial charge in [-0.1, -0.05) is 42.0 Å². The van der Waals surface area contributed by atoms with Gasteiger partial charge in [0.1, 0.15) is 6.61 Å². The van der Waals surface area contributed by atoms with E-state index in [2.05, 4.69) is 4.98 Å². The van der Waals surface area contributed by atoms with E-state index in [1.165, 1.54) is 0 Å². The zero-order chi connectivity index (χ0) is 13.9. The molecule has 0 bridgehead atoms. The molecule has 100 valence electrons. The van der Waals surface area contributed by atoms with E-state index in [0.717, 1.165) is 22.0 Å². The molecule has 3 nitrogen and oxygen atoms in total. The van der Waals surface area contributed by atoms with Crippen LogP contribution < -0.4 is 0 Å². The lowest BCUT2D eigenvalue weighted by atomic mass is 10.1. The average molecular weight is 265 g/mol. The summed E-state index contributed by atoms with van der Waals surface area (Å²) in [5, 5.41) is 0.906. The molecule has 0 spiro atoms. The van der Waals surface area contributed by atoms with Crippen LogP contribution in [0.25, 0.3) is 10.9 Å². The normalized spacial score (nSPS) is 10.7. The maximum atomic E-state index is 12.2. The molecule has 0 aliphatic rings. The first-order chi connectivity index (χ1) is 9.74. The standard InChI is InChI=1S/C17H15NO2/c1-12-7-8-16-14(9-12)15(10-18-16)17(19)20-11-13-5-3-2-4-6-13/h2-10,18H,11H2,1H3. The summed E-state index contributed by atoms with van der Waals surface area (Å²) in [5.74, 6) is -0.300. The Hall–Kier alpha value is -2.55. The van der Waals surface area contributed by atoms with Crippen LogP contribution in [0, 0.1) is 6.92 Å². The van der Waals surface area contributed by atoms with Crippen LogP contribution >= 0.6 is 0 Å². The number of hydrogen-bond acceptors (Lipinski definition) is 2. The van der Waals surface area contributed by atoms with Crippen LogP contribution in [0.2, 0.25) is 0 Å². The quantitative estimate of drug-likeness (QED) is 0.731. The van der Waals surface area contributed by atoms with Gasteiger partial charge in [-0.3, -0.25) is 0 Å². The van der Waals surface area contributed by atoms with Crippen molar-refractivity contribution in [1.82, 2.24) is 4.98 Å². The van der Waals surface area contributed by atoms with Crippen molar-refractivity contribution in [2.45, 2.75) is 13.5 Å². The van der Waals surface area contributed by atoms with E-state index in [9.17, 15) is 4.79 Å². The summed E-state index contributed by atoms with van der Waals surface area (Å²) in [6.07, 6.45) is 1.71. The SMILES string of the molecule is Cc1ccc2[nH]cc(C(=O)OCc3ccccc3)c2c1. The zero-order valence-corrected chi connectivity index (χ0v) is 11.2. The van der Waals surface area contributed by atoms with E-state index < -0.39 is 0 Å². The molecule has 0 radical (unpaired) electrons. The molecule has 1 aromatic heterocycles. The van der Waals surface area contributed by atoms with Crippen LogP contribution in [0.4, 0.5) is 0 Å². The number of nitrogens with one attached hydrogen (secondary N) is 1. The van der Waals surface area contributed by atoms with Gasteiger partial charge in [-0.2, -0.15) is 0 Å². The molecule has 0 atom stereocenters. The lowest BCUT2D eigenvalue weighted by Crippen LogP contribution is -2.04. The highest BCUT2D eigenvalue weighted by molar-refractivity contribution is 6.04. The second kappa shape index (κ2) is 5.21. The minimum absolute atomic E-state index is 0.290. The Labute approximate surface area is 117 Å². The van der Waals surface area contributed by atoms with Gasteiger partial charge in [0.15, 0.2) is 0 Å². The summed E-state index contributed by atoms with van der Waals surface area (Å²) >= 11 is 0. The lowest BCUT2D eigenvalue weighted by Gasteiger charge is -2.04. The summed E-state index contributed by atoms with van der Waals surface area (Å²) < 4.78 is 5.36. The summed E-state index contributed by atoms with van der Waals surface area (Å²) in [5.41, 5.74) is 3.63. The minimum Gasteiger partial charge on any atom is -0.457 e. The molecular weight excluding hydrogens is 250 g/mol. The third-order valence-corrected chi connectivity index (χ3v) is 3.27. The summed E-state index contributed by atoms with van der Waals surface area (Å²) in [4.78, 5) is 15.3. The highest BCUT2D eigenvalue weighted by Crippen LogP contribution is 2.20. The Bertz CT molecular complexity index is 744. The molecule has 3 heteroatoms. The smallest absolute Gasteiger partial charge is 0.340 e. The number of hydrogen-bond donors (Lipinski definition) is 1. The number of benzene rings is 2. The molecule has 0 unspecified atom stereocenters. The van der Waals surface area contributed by atoms with Gasteiger partial charge in [0.05, 0.1) is 5.56 Å². The summed E-state index contributed by atoms with van der Waals surface area (Å²) in [7, 11) is 0. The lowest BCUT2D eigenvalue weighted by molar-refractivity contribution is 0.0475. The Balaban J connectivity index is 1.80. The van der Waals surface area contributed by atoms with Gasteiger partial charge in [-0.05, 0) is 24.6 Å². The van der Waals surface area contributed by atoms with Crippen LogP contribution in [0.5, 0.6) is 0 Å². The van der Waals surface area contributed by atoms with Gasteiger partial charge < -0.3 is 9.72 Å². The molecule has 1 N–H and O–H groups in total. The number of carbonyl (C=O) groups excluding carboxylic acids is 1. The summed E-state index contributed by atoms with van der Waals surface area (Å²) in [6, 6.07) is 15.6. The van der Waals surface area contributed by atoms with E-state index >= 15 is 0 Å². The average Bonchev–Trinajstić information content (AvgIpc) is 2.89. The Morgan fingerprint density at radius 1 is 1.15 bits per heavy atom. The van der Waals surface area contributed by atoms with E-state index in [4.69, 9.17) is 4.74 Å². The van der Waals surface area contributed by atoms with Crippen molar-refractivity contribution in [2.24, 2.45) is 0 Å². The first-order valence-corrected chi connectivity index (χ1v) is 6.53. The predicted molar refractivity (Wildman–Crippen MR) is 78.6 cm³/mol. The predicted octanol–water partition coefficient (Wildman–Crippen LogP) is 3.83. The van der Waals surface area contributed by atoms with E-state index in [1.54, 1.807) is 6.20 Å². The highest BCUT2D eigenvalue weighted by atomic mass is 16.5. The third-order valence-electron chi connectivity index (χ3n) is 3.27. The monoisotopic (exact) mass is 265 g/mol. The number of ether oxygens (including phenoxy) is 1. The maximum absolute atomic E-state index is 12.2. The van der Waals surface area contributed by atoms with Gasteiger partial charge >= 0.3 is 5.97 Å². The number of rotatable bonds is 3. The molecule has 0 saturated heterocycles. The Morgan fingerprint density at radius 3 is 2.75 bits per heavy atom. The molecule has 0 aliphatic carbocycles. The van der Waals surface area contributed by atoms with Gasteiger partial charge in [-0.25, -0.2) is 4.79 Å². The molecule has 0 fully saturated rings. The van der Waals surface area contributed by atoms with Crippen LogP contribution in [-0.4, -0.2) is 11.0 Å². The van der Waals surface area contributed by atoms with Crippen LogP contribution in [0.3, 0.4) is 0 Å². The van der Waals surface area contributed by atoms with Gasteiger partial charge in [0.2, 0.25) is 0 Å². The molecule has 0 amide bonds. The van der Waals surface area contributed by atoms with Crippen molar-refractivity contribution >= 4 is 16.9 Å². The van der Waals surface area contributed by atoms with E-state index in [0.29, 0.717) is 5.56 Å². The molecule has 3 rings (SSSR count). The van der Waals surface area contributed by atoms with Crippen molar-refractivity contribution in [1.29, 1.82) is 0 Å². The first kappa shape index (κ1) is 12.5. The fraction of sp³-hybridized carbons (Fsp3) is 0.118. The largest absolute Gasteiger partial charge is 0.457 e. The zero-order valence-electron chi connectivity index (χ0n) is 11.2. The Morgan fingerprint density at radius 2 is 1.95 bits per heavy atom. The van der Waals surface area contributed by atoms with Crippen molar-refractivity contribution in [3.8, 4) is 0 Å². The van der Waals surface area contributed by atoms with Gasteiger partial charge in [0.25, 0.3) is 0 Å². The van der Waals surface area contributed by atoms with Gasteiger partial charge in [-0.15, -0.1) is 0 Å². The van der Waals surface area contributed by atoms with Crippen molar-refractivity contribution < 1.29 is 9.53 Å². The number of aromatic amines is 1. The van der Waals surface area contributed by atoms with E-state index in [1.807, 2.05) is 55.5 Å². The number of carbonyl (C=O) groups is 1. The maximum Gasteiger partial charge on any atom is 0.340 e. The number of aromatic nitrogens is 1. The molecule has 2 aromatic carbocycles. The highest BCUT2D eigenvalue weighted by Gasteiger charge is 2.13. The third kappa shape index (κ3) is 2.43. The number of esters is 1. The number of aryl methyl sites for hydroxylation is 1. The second-order valence-corrected chi connectivity index (χ2v) is 4.81. The van der Waals surface area contributed by atoms with Gasteiger partial charge in [0, 0.05) is 17.1 Å². The van der Waals surface area contributed by atoms with Crippen molar-refractivity contribution in [2.75, 3.05) is 0 Å². The fourth-order valence-corrected chi connectivity index (χ4v) is 2.20. The minimum atomic E-state index is -0.300. The van der Waals surface area contributed by atoms with Crippen LogP contribution in [-0.2, 0) is 11.3 Å². The molecule has 3 aromatic rings. The molecule has 20 heavy (non-hydrogen) atoms. The molecule has 0 saturated carbocycles. The van der Waals surface area contributed by atoms with Crippen LogP contribution in [0.15, 0.2) is 54.7 Å². The van der Waals surface area contributed by atoms with Crippen molar-refractivity contribution in [3.63, 3.8) is 0 Å². The first-order valence-electron chi connectivity index (χ1n) is 6.53. The second-order valence-electron chi connectivity index (χ2n) is 4.81. The van der Waals surface area contributed by atoms with Crippen LogP contribution in [0.1, 0.15) is 21.5 Å². The number of H-pyrrole nitrogens is 1. The molecule has 1 heterocycles. The summed E-state index contributed by atoms with van der Waals surface area (Å²) in [6.45, 7) is 2.30. The topological polar surface area (TPSA) is 42.1 Å². The van der Waals surface area contributed by atoms with E-state index in [-0.39, 0.29) is 12.6 Å².